The van der Waals surface area contributed by atoms with Crippen molar-refractivity contribution in [1.82, 2.24) is 19.1 Å². The minimum atomic E-state index is -3.47. The zero-order chi connectivity index (χ0) is 16.4. The van der Waals surface area contributed by atoms with Gasteiger partial charge in [0.2, 0.25) is 10.0 Å². The molecule has 0 unspecified atom stereocenters. The van der Waals surface area contributed by atoms with Crippen LogP contribution >= 0.6 is 0 Å². The van der Waals surface area contributed by atoms with Crippen LogP contribution in [-0.4, -0.2) is 40.1 Å². The number of hydrogen-bond donors (Lipinski definition) is 0. The fraction of sp³-hybridized carbons (Fsp3) is 0.500. The van der Waals surface area contributed by atoms with E-state index in [1.807, 2.05) is 18.2 Å². The summed E-state index contributed by atoms with van der Waals surface area (Å²) in [5, 5.41) is 4.17. The normalized spacial score (nSPS) is 19.3. The van der Waals surface area contributed by atoms with Gasteiger partial charge in [0.25, 0.3) is 0 Å². The maximum absolute atomic E-state index is 12.9. The molecule has 3 rings (SSSR count). The highest BCUT2D eigenvalue weighted by Gasteiger charge is 2.36. The van der Waals surface area contributed by atoms with E-state index in [0.717, 1.165) is 31.4 Å². The van der Waals surface area contributed by atoms with Gasteiger partial charge >= 0.3 is 0 Å². The summed E-state index contributed by atoms with van der Waals surface area (Å²) in [4.78, 5) is 4.65. The molecule has 0 aliphatic carbocycles. The average Bonchev–Trinajstić information content (AvgIpc) is 3.13. The van der Waals surface area contributed by atoms with Crippen molar-refractivity contribution in [3.63, 3.8) is 0 Å². The molecule has 7 heteroatoms. The van der Waals surface area contributed by atoms with E-state index in [1.165, 1.54) is 0 Å². The van der Waals surface area contributed by atoms with Crippen LogP contribution in [0, 0.1) is 6.92 Å². The molecule has 0 radical (unpaired) electrons. The third-order valence-electron chi connectivity index (χ3n) is 4.34. The Morgan fingerprint density at radius 1 is 1.35 bits per heavy atom. The Balaban J connectivity index is 1.77. The summed E-state index contributed by atoms with van der Waals surface area (Å²) < 4.78 is 29.1. The first-order chi connectivity index (χ1) is 11.0. The molecule has 23 heavy (non-hydrogen) atoms. The summed E-state index contributed by atoms with van der Waals surface area (Å²) in [7, 11) is -1.73. The highest BCUT2D eigenvalue weighted by Crippen LogP contribution is 2.29. The zero-order valence-electron chi connectivity index (χ0n) is 13.5. The summed E-state index contributed by atoms with van der Waals surface area (Å²) in [6.45, 7) is 2.33. The van der Waals surface area contributed by atoms with Crippen molar-refractivity contribution in [1.29, 1.82) is 0 Å². The lowest BCUT2D eigenvalue weighted by atomic mass is 10.1. The van der Waals surface area contributed by atoms with Crippen molar-refractivity contribution in [3.05, 3.63) is 42.0 Å². The van der Waals surface area contributed by atoms with Crippen LogP contribution in [0.2, 0.25) is 0 Å². The van der Waals surface area contributed by atoms with Gasteiger partial charge in [-0.05, 0) is 44.7 Å². The predicted octanol–water partition coefficient (Wildman–Crippen LogP) is 1.91. The van der Waals surface area contributed by atoms with Crippen molar-refractivity contribution in [2.75, 3.05) is 6.54 Å². The van der Waals surface area contributed by atoms with Gasteiger partial charge in [-0.3, -0.25) is 9.67 Å². The van der Waals surface area contributed by atoms with Crippen molar-refractivity contribution >= 4 is 10.0 Å². The molecule has 0 saturated carbocycles. The van der Waals surface area contributed by atoms with Crippen LogP contribution in [0.5, 0.6) is 0 Å². The topological polar surface area (TPSA) is 68.1 Å². The van der Waals surface area contributed by atoms with Gasteiger partial charge in [0, 0.05) is 37.7 Å². The molecule has 1 saturated heterocycles. The lowest BCUT2D eigenvalue weighted by Crippen LogP contribution is -2.36. The molecule has 0 amide bonds. The van der Waals surface area contributed by atoms with E-state index < -0.39 is 10.0 Å². The zero-order valence-corrected chi connectivity index (χ0v) is 14.3. The van der Waals surface area contributed by atoms with E-state index in [-0.39, 0.29) is 6.04 Å². The molecule has 0 N–H and O–H groups in total. The van der Waals surface area contributed by atoms with Gasteiger partial charge in [-0.15, -0.1) is 0 Å². The molecule has 0 spiro atoms. The molecule has 124 valence electrons. The first-order valence-corrected chi connectivity index (χ1v) is 9.34. The number of aromatic nitrogens is 3. The van der Waals surface area contributed by atoms with Gasteiger partial charge in [0.05, 0.1) is 5.69 Å². The van der Waals surface area contributed by atoms with Crippen LogP contribution < -0.4 is 0 Å². The number of pyridine rings is 1. The van der Waals surface area contributed by atoms with Gasteiger partial charge in [-0.2, -0.15) is 9.40 Å². The molecule has 2 aromatic rings. The maximum atomic E-state index is 12.9. The van der Waals surface area contributed by atoms with Gasteiger partial charge < -0.3 is 0 Å². The van der Waals surface area contributed by atoms with Crippen molar-refractivity contribution < 1.29 is 8.42 Å². The fourth-order valence-corrected chi connectivity index (χ4v) is 5.16. The molecule has 1 fully saturated rings. The second-order valence-electron chi connectivity index (χ2n) is 6.02. The molecule has 1 aliphatic heterocycles. The molecule has 1 aliphatic rings. The van der Waals surface area contributed by atoms with Crippen molar-refractivity contribution in [2.45, 2.75) is 43.5 Å². The Kier molecular flexibility index (Phi) is 4.50. The SMILES string of the molecule is Cc1nn(C)cc1S(=O)(=O)N1CCC[C@@H]1CCc1ccccn1. The lowest BCUT2D eigenvalue weighted by Gasteiger charge is -2.23. The third kappa shape index (κ3) is 3.30. The van der Waals surface area contributed by atoms with Gasteiger partial charge in [-0.1, -0.05) is 6.07 Å². The van der Waals surface area contributed by atoms with Crippen LogP contribution in [0.4, 0.5) is 0 Å². The number of aryl methyl sites for hydroxylation is 3. The van der Waals surface area contributed by atoms with E-state index in [2.05, 4.69) is 10.1 Å². The summed E-state index contributed by atoms with van der Waals surface area (Å²) in [5.41, 5.74) is 1.57. The highest BCUT2D eigenvalue weighted by atomic mass is 32.2. The molecule has 1 atom stereocenters. The lowest BCUT2D eigenvalue weighted by molar-refractivity contribution is 0.369. The first kappa shape index (κ1) is 16.1. The smallest absolute Gasteiger partial charge is 0.246 e. The fourth-order valence-electron chi connectivity index (χ4n) is 3.23. The Hall–Kier alpha value is -1.73. The minimum absolute atomic E-state index is 0.0432. The van der Waals surface area contributed by atoms with Gasteiger partial charge in [0.1, 0.15) is 4.90 Å². The predicted molar refractivity (Wildman–Crippen MR) is 87.4 cm³/mol. The van der Waals surface area contributed by atoms with Crippen LogP contribution in [0.1, 0.15) is 30.7 Å². The van der Waals surface area contributed by atoms with Crippen molar-refractivity contribution in [3.8, 4) is 0 Å². The molecular formula is C16H22N4O2S. The summed E-state index contributed by atoms with van der Waals surface area (Å²) in [6.07, 6.45) is 6.78. The molecular weight excluding hydrogens is 312 g/mol. The largest absolute Gasteiger partial charge is 0.274 e. The number of sulfonamides is 1. The number of rotatable bonds is 5. The molecule has 0 aromatic carbocycles. The van der Waals surface area contributed by atoms with Crippen LogP contribution in [0.3, 0.4) is 0 Å². The maximum Gasteiger partial charge on any atom is 0.246 e. The van der Waals surface area contributed by atoms with Gasteiger partial charge in [0.15, 0.2) is 0 Å². The summed E-state index contributed by atoms with van der Waals surface area (Å²) >= 11 is 0. The molecule has 2 aromatic heterocycles. The van der Waals surface area contributed by atoms with E-state index in [9.17, 15) is 8.42 Å². The molecule has 0 bridgehead atoms. The number of nitrogens with zero attached hydrogens (tertiary/aromatic N) is 4. The molecule has 6 nitrogen and oxygen atoms in total. The Labute approximate surface area is 137 Å². The van der Waals surface area contributed by atoms with E-state index >= 15 is 0 Å². The Morgan fingerprint density at radius 3 is 2.83 bits per heavy atom. The summed E-state index contributed by atoms with van der Waals surface area (Å²) in [6, 6.07) is 5.88. The second-order valence-corrected chi connectivity index (χ2v) is 7.88. The second kappa shape index (κ2) is 6.41. The van der Waals surface area contributed by atoms with E-state index in [4.69, 9.17) is 0 Å². The van der Waals surface area contributed by atoms with E-state index in [1.54, 1.807) is 35.4 Å². The highest BCUT2D eigenvalue weighted by molar-refractivity contribution is 7.89. The monoisotopic (exact) mass is 334 g/mol. The van der Waals surface area contributed by atoms with E-state index in [0.29, 0.717) is 17.1 Å². The Morgan fingerprint density at radius 2 is 2.17 bits per heavy atom. The third-order valence-corrected chi connectivity index (χ3v) is 6.39. The molecule has 3 heterocycles. The average molecular weight is 334 g/mol. The Bertz CT molecular complexity index is 771. The number of hydrogen-bond acceptors (Lipinski definition) is 4. The standard InChI is InChI=1S/C16H22N4O2S/c1-13-16(12-19(2)18-13)23(21,22)20-11-5-7-15(20)9-8-14-6-3-4-10-17-14/h3-4,6,10,12,15H,5,7-9,11H2,1-2H3/t15-/m1/s1. The quantitative estimate of drug-likeness (QED) is 0.837. The first-order valence-electron chi connectivity index (χ1n) is 7.90. The van der Waals surface area contributed by atoms with Crippen LogP contribution in [0.15, 0.2) is 35.5 Å². The minimum Gasteiger partial charge on any atom is -0.274 e. The van der Waals surface area contributed by atoms with Gasteiger partial charge in [-0.25, -0.2) is 8.42 Å². The van der Waals surface area contributed by atoms with Crippen molar-refractivity contribution in [2.24, 2.45) is 7.05 Å². The van der Waals surface area contributed by atoms with Crippen LogP contribution in [0.25, 0.3) is 0 Å². The summed E-state index contributed by atoms with van der Waals surface area (Å²) in [5.74, 6) is 0. The van der Waals surface area contributed by atoms with Crippen LogP contribution in [-0.2, 0) is 23.5 Å².